The lowest BCUT2D eigenvalue weighted by Gasteiger charge is -2.27. The molecule has 2 amide bonds. The predicted molar refractivity (Wildman–Crippen MR) is 135 cm³/mol. The van der Waals surface area contributed by atoms with Crippen molar-refractivity contribution in [3.63, 3.8) is 0 Å². The van der Waals surface area contributed by atoms with E-state index in [1.165, 1.54) is 12.1 Å². The van der Waals surface area contributed by atoms with E-state index in [9.17, 15) is 14.9 Å². The Balaban J connectivity index is 1.72. The predicted octanol–water partition coefficient (Wildman–Crippen LogP) is 4.67. The number of carbonyl (C=O) groups is 1. The van der Waals surface area contributed by atoms with Crippen LogP contribution in [-0.2, 0) is 0 Å². The van der Waals surface area contributed by atoms with Gasteiger partial charge in [-0.15, -0.1) is 0 Å². The molecule has 4 rings (SSSR count). The number of nitrogens with one attached hydrogen (secondary N) is 2. The van der Waals surface area contributed by atoms with E-state index in [0.717, 1.165) is 15.9 Å². The van der Waals surface area contributed by atoms with Crippen LogP contribution in [0.15, 0.2) is 115 Å². The summed E-state index contributed by atoms with van der Waals surface area (Å²) in [6.45, 7) is 0. The zero-order valence-electron chi connectivity index (χ0n) is 17.8. The van der Waals surface area contributed by atoms with E-state index >= 15 is 0 Å². The van der Waals surface area contributed by atoms with Crippen molar-refractivity contribution in [3.8, 4) is 0 Å². The summed E-state index contributed by atoms with van der Waals surface area (Å²) in [5.74, 6) is 0. The molecule has 4 aromatic carbocycles. The molecule has 0 saturated carbocycles. The number of benzene rings is 4. The molecule has 0 spiro atoms. The number of hydrogen-bond donors (Lipinski definition) is 2. The zero-order valence-corrected chi connectivity index (χ0v) is 18.7. The molecule has 164 valence electrons. The molecular weight excluding hydrogens is 433 g/mol. The van der Waals surface area contributed by atoms with Gasteiger partial charge in [-0.25, -0.2) is 4.79 Å². The van der Waals surface area contributed by atoms with Gasteiger partial charge in [-0.2, -0.15) is 0 Å². The van der Waals surface area contributed by atoms with E-state index in [1.54, 1.807) is 12.1 Å². The Labute approximate surface area is 192 Å². The summed E-state index contributed by atoms with van der Waals surface area (Å²) in [4.78, 5) is 23.7. The summed E-state index contributed by atoms with van der Waals surface area (Å²) in [5, 5.41) is 20.4. The average molecular weight is 456 g/mol. The van der Waals surface area contributed by atoms with Crippen LogP contribution in [0.4, 0.5) is 16.2 Å². The van der Waals surface area contributed by atoms with Gasteiger partial charge in [0.05, 0.1) is 4.92 Å². The fourth-order valence-corrected chi connectivity index (χ4v) is 7.73. The maximum atomic E-state index is 12.9. The molecule has 0 heterocycles. The SMILES string of the molecule is O=C(NC[P+](c1ccccc1)(c1ccccc1)c1ccccc1)Nc1ccccc1[N+](=O)[O-]. The minimum atomic E-state index is -2.25. The molecule has 0 saturated heterocycles. The first kappa shape index (κ1) is 22.2. The van der Waals surface area contributed by atoms with Crippen molar-refractivity contribution in [1.82, 2.24) is 5.32 Å². The van der Waals surface area contributed by atoms with Crippen molar-refractivity contribution < 1.29 is 9.72 Å². The van der Waals surface area contributed by atoms with Crippen LogP contribution < -0.4 is 26.5 Å². The molecule has 0 aliphatic rings. The van der Waals surface area contributed by atoms with Crippen molar-refractivity contribution in [2.45, 2.75) is 0 Å². The van der Waals surface area contributed by atoms with Gasteiger partial charge >= 0.3 is 6.03 Å². The highest BCUT2D eigenvalue weighted by Gasteiger charge is 2.45. The molecule has 0 radical (unpaired) electrons. The van der Waals surface area contributed by atoms with E-state index in [4.69, 9.17) is 0 Å². The normalized spacial score (nSPS) is 10.9. The summed E-state index contributed by atoms with van der Waals surface area (Å²) < 4.78 is 0. The lowest BCUT2D eigenvalue weighted by atomic mass is 10.3. The number of para-hydroxylation sites is 2. The van der Waals surface area contributed by atoms with Crippen molar-refractivity contribution in [3.05, 3.63) is 125 Å². The quantitative estimate of drug-likeness (QED) is 0.241. The van der Waals surface area contributed by atoms with Crippen LogP contribution in [-0.4, -0.2) is 17.2 Å². The second-order valence-corrected chi connectivity index (χ2v) is 10.9. The number of nitrogens with zero attached hydrogens (tertiary/aromatic N) is 1. The first-order chi connectivity index (χ1) is 16.1. The number of anilines is 1. The van der Waals surface area contributed by atoms with E-state index in [0.29, 0.717) is 6.29 Å². The Morgan fingerprint density at radius 3 is 1.58 bits per heavy atom. The second-order valence-electron chi connectivity index (χ2n) is 7.38. The molecule has 0 fully saturated rings. The summed E-state index contributed by atoms with van der Waals surface area (Å²) in [6.07, 6.45) is 0.359. The van der Waals surface area contributed by atoms with Crippen molar-refractivity contribution in [2.75, 3.05) is 11.6 Å². The number of nitro groups is 1. The molecule has 0 aliphatic heterocycles. The molecular formula is C26H23N3O3P+. The minimum Gasteiger partial charge on any atom is -0.304 e. The molecule has 33 heavy (non-hydrogen) atoms. The van der Waals surface area contributed by atoms with Gasteiger partial charge in [0.15, 0.2) is 0 Å². The molecule has 0 bridgehead atoms. The van der Waals surface area contributed by atoms with Crippen LogP contribution in [0.5, 0.6) is 0 Å². The Hall–Kier alpha value is -4.02. The third-order valence-electron chi connectivity index (χ3n) is 5.42. The molecule has 4 aromatic rings. The number of carbonyl (C=O) groups excluding carboxylic acids is 1. The van der Waals surface area contributed by atoms with E-state index in [2.05, 4.69) is 47.0 Å². The highest BCUT2D eigenvalue weighted by Crippen LogP contribution is 2.54. The molecule has 0 unspecified atom stereocenters. The van der Waals surface area contributed by atoms with Gasteiger partial charge in [-0.3, -0.25) is 10.1 Å². The first-order valence-electron chi connectivity index (χ1n) is 10.4. The summed E-state index contributed by atoms with van der Waals surface area (Å²) in [7, 11) is -2.25. The Kier molecular flexibility index (Phi) is 6.77. The molecule has 6 nitrogen and oxygen atoms in total. The van der Waals surface area contributed by atoms with Crippen molar-refractivity contribution >= 4 is 40.6 Å². The van der Waals surface area contributed by atoms with Gasteiger partial charge in [-0.1, -0.05) is 66.7 Å². The second kappa shape index (κ2) is 10.1. The van der Waals surface area contributed by atoms with Crippen LogP contribution in [0.3, 0.4) is 0 Å². The minimum absolute atomic E-state index is 0.150. The smallest absolute Gasteiger partial charge is 0.304 e. The van der Waals surface area contributed by atoms with Crippen LogP contribution >= 0.6 is 7.26 Å². The summed E-state index contributed by atoms with van der Waals surface area (Å²) in [6, 6.07) is 36.1. The number of amides is 2. The van der Waals surface area contributed by atoms with Gasteiger partial charge in [0.1, 0.15) is 35.1 Å². The average Bonchev–Trinajstić information content (AvgIpc) is 2.87. The third-order valence-corrected chi connectivity index (χ3v) is 9.59. The van der Waals surface area contributed by atoms with Gasteiger partial charge in [0.25, 0.3) is 5.69 Å². The molecule has 0 aromatic heterocycles. The number of rotatable bonds is 7. The van der Waals surface area contributed by atoms with Crippen molar-refractivity contribution in [2.24, 2.45) is 0 Å². The topological polar surface area (TPSA) is 84.3 Å². The lowest BCUT2D eigenvalue weighted by Crippen LogP contribution is -2.41. The Morgan fingerprint density at radius 2 is 1.12 bits per heavy atom. The largest absolute Gasteiger partial charge is 0.322 e. The maximum absolute atomic E-state index is 12.9. The van der Waals surface area contributed by atoms with Crippen LogP contribution in [0.1, 0.15) is 0 Å². The number of nitro benzene ring substituents is 1. The van der Waals surface area contributed by atoms with Crippen LogP contribution in [0, 0.1) is 10.1 Å². The van der Waals surface area contributed by atoms with Gasteiger partial charge < -0.3 is 10.6 Å². The van der Waals surface area contributed by atoms with E-state index in [-0.39, 0.29) is 11.4 Å². The van der Waals surface area contributed by atoms with Crippen LogP contribution in [0.25, 0.3) is 0 Å². The first-order valence-corrected chi connectivity index (χ1v) is 12.4. The number of hydrogen-bond acceptors (Lipinski definition) is 3. The molecule has 0 aliphatic carbocycles. The molecule has 2 N–H and O–H groups in total. The highest BCUT2D eigenvalue weighted by molar-refractivity contribution is 7.95. The maximum Gasteiger partial charge on any atom is 0.322 e. The monoisotopic (exact) mass is 456 g/mol. The number of urea groups is 1. The van der Waals surface area contributed by atoms with Crippen LogP contribution in [0.2, 0.25) is 0 Å². The fourth-order valence-electron chi connectivity index (χ4n) is 3.86. The molecule has 7 heteroatoms. The summed E-state index contributed by atoms with van der Waals surface area (Å²) in [5.41, 5.74) is 0.00551. The Bertz CT molecular complexity index is 1140. The summed E-state index contributed by atoms with van der Waals surface area (Å²) >= 11 is 0. The standard InChI is InChI=1S/C26H22N3O3P/c30-26(28-24-18-10-11-19-25(24)29(31)32)27-20-33(21-12-4-1-5-13-21,22-14-6-2-7-15-22)23-16-8-3-9-17-23/h1-19H,20H2,(H-,27,28,30)/p+1. The highest BCUT2D eigenvalue weighted by atomic mass is 31.2. The third kappa shape index (κ3) is 4.76. The van der Waals surface area contributed by atoms with Gasteiger partial charge in [-0.05, 0) is 42.5 Å². The fraction of sp³-hybridized carbons (Fsp3) is 0.0385. The zero-order chi connectivity index (χ0) is 23.1. The molecule has 0 atom stereocenters. The van der Waals surface area contributed by atoms with Crippen molar-refractivity contribution in [1.29, 1.82) is 0 Å². The Morgan fingerprint density at radius 1 is 0.697 bits per heavy atom. The lowest BCUT2D eigenvalue weighted by molar-refractivity contribution is -0.383. The van der Waals surface area contributed by atoms with E-state index in [1.807, 2.05) is 54.6 Å². The van der Waals surface area contributed by atoms with E-state index < -0.39 is 18.2 Å². The van der Waals surface area contributed by atoms with Gasteiger partial charge in [0, 0.05) is 6.07 Å². The van der Waals surface area contributed by atoms with Gasteiger partial charge in [0.2, 0.25) is 0 Å².